The molecule has 0 radical (unpaired) electrons. The summed E-state index contributed by atoms with van der Waals surface area (Å²) in [6.07, 6.45) is 1.65. The summed E-state index contributed by atoms with van der Waals surface area (Å²) in [5.41, 5.74) is 4.62. The fraction of sp³-hybridized carbons (Fsp3) is 0.400. The van der Waals surface area contributed by atoms with Gasteiger partial charge in [0.25, 0.3) is 5.91 Å². The number of rotatable bonds is 10. The molecular weight excluding hydrogens is 510 g/mol. The van der Waals surface area contributed by atoms with Gasteiger partial charge < -0.3 is 29.6 Å². The minimum Gasteiger partial charge on any atom is -0.481 e. The molecule has 0 bridgehead atoms. The molecule has 10 heteroatoms. The lowest BCUT2D eigenvalue weighted by atomic mass is 10.0. The molecule has 1 saturated heterocycles. The van der Waals surface area contributed by atoms with Crippen LogP contribution in [0.2, 0.25) is 0 Å². The fourth-order valence-corrected chi connectivity index (χ4v) is 4.95. The van der Waals surface area contributed by atoms with Gasteiger partial charge in [0.2, 0.25) is 5.91 Å². The van der Waals surface area contributed by atoms with Crippen molar-refractivity contribution in [3.8, 4) is 11.1 Å². The van der Waals surface area contributed by atoms with Gasteiger partial charge in [-0.05, 0) is 61.7 Å². The number of aromatic nitrogens is 1. The molecule has 1 aliphatic carbocycles. The molecule has 5 rings (SSSR count). The molecule has 2 aromatic carbocycles. The zero-order valence-electron chi connectivity index (χ0n) is 22.9. The largest absolute Gasteiger partial charge is 0.481 e. The van der Waals surface area contributed by atoms with Gasteiger partial charge in [-0.2, -0.15) is 0 Å². The van der Waals surface area contributed by atoms with Gasteiger partial charge in [-0.15, -0.1) is 0 Å². The highest BCUT2D eigenvalue weighted by Gasteiger charge is 2.33. The average Bonchev–Trinajstić information content (AvgIpc) is 3.71. The predicted molar refractivity (Wildman–Crippen MR) is 151 cm³/mol. The first kappa shape index (κ1) is 27.4. The smallest absolute Gasteiger partial charge is 0.305 e. The lowest BCUT2D eigenvalue weighted by molar-refractivity contribution is -0.139. The van der Waals surface area contributed by atoms with Crippen LogP contribution in [0.3, 0.4) is 0 Å². The topological polar surface area (TPSA) is 119 Å². The Balaban J connectivity index is 1.41. The molecule has 40 heavy (non-hydrogen) atoms. The van der Waals surface area contributed by atoms with Gasteiger partial charge in [0, 0.05) is 51.3 Å². The number of anilines is 2. The van der Waals surface area contributed by atoms with E-state index < -0.39 is 5.97 Å². The fourth-order valence-electron chi connectivity index (χ4n) is 4.95. The van der Waals surface area contributed by atoms with Gasteiger partial charge in [-0.25, -0.2) is 0 Å². The molecule has 1 aromatic heterocycles. The van der Waals surface area contributed by atoms with Crippen LogP contribution in [0.15, 0.2) is 53.1 Å². The van der Waals surface area contributed by atoms with Crippen LogP contribution in [0.5, 0.6) is 0 Å². The number of amides is 2. The molecule has 3 aromatic rings. The van der Waals surface area contributed by atoms with Gasteiger partial charge in [-0.3, -0.25) is 14.4 Å². The Labute approximate surface area is 233 Å². The summed E-state index contributed by atoms with van der Waals surface area (Å²) in [4.78, 5) is 43.2. The maximum atomic E-state index is 13.0. The van der Waals surface area contributed by atoms with Crippen LogP contribution in [0, 0.1) is 12.8 Å². The third kappa shape index (κ3) is 6.69. The van der Waals surface area contributed by atoms with Gasteiger partial charge >= 0.3 is 5.97 Å². The van der Waals surface area contributed by atoms with E-state index in [1.54, 1.807) is 17.9 Å². The SMILES string of the molecule is Cc1cc(C(=O)Nc2cc(-c3cccc(CN(CCC(=O)O)C(=O)C4CC4)c3)ccc2N2CCN(C)CC2)no1. The van der Waals surface area contributed by atoms with Crippen LogP contribution < -0.4 is 10.2 Å². The van der Waals surface area contributed by atoms with Crippen molar-refractivity contribution in [3.05, 3.63) is 65.5 Å². The minimum absolute atomic E-state index is 0.0128. The van der Waals surface area contributed by atoms with Crippen molar-refractivity contribution in [3.63, 3.8) is 0 Å². The summed E-state index contributed by atoms with van der Waals surface area (Å²) < 4.78 is 5.10. The normalized spacial score (nSPS) is 15.6. The van der Waals surface area contributed by atoms with E-state index in [2.05, 4.69) is 27.3 Å². The monoisotopic (exact) mass is 545 g/mol. The predicted octanol–water partition coefficient (Wildman–Crippen LogP) is 3.87. The zero-order valence-corrected chi connectivity index (χ0v) is 22.9. The lowest BCUT2D eigenvalue weighted by Crippen LogP contribution is -2.44. The summed E-state index contributed by atoms with van der Waals surface area (Å²) in [5.74, 6) is -0.661. The number of carboxylic acid groups (broad SMARTS) is 1. The first-order valence-electron chi connectivity index (χ1n) is 13.7. The van der Waals surface area contributed by atoms with Crippen LogP contribution in [-0.4, -0.2) is 77.6 Å². The van der Waals surface area contributed by atoms with Gasteiger partial charge in [-0.1, -0.05) is 29.4 Å². The molecule has 0 atom stereocenters. The van der Waals surface area contributed by atoms with Crippen LogP contribution in [0.25, 0.3) is 11.1 Å². The second-order valence-corrected chi connectivity index (χ2v) is 10.7. The molecule has 2 heterocycles. The van der Waals surface area contributed by atoms with E-state index in [0.717, 1.165) is 61.4 Å². The Kier molecular flexibility index (Phi) is 8.16. The summed E-state index contributed by atoms with van der Waals surface area (Å²) in [6.45, 7) is 5.83. The van der Waals surface area contributed by atoms with Crippen molar-refractivity contribution in [1.29, 1.82) is 0 Å². The van der Waals surface area contributed by atoms with Crippen molar-refractivity contribution in [2.75, 3.05) is 50.0 Å². The number of carbonyl (C=O) groups excluding carboxylic acids is 2. The number of aliphatic carboxylic acids is 1. The molecule has 2 fully saturated rings. The van der Waals surface area contributed by atoms with Gasteiger partial charge in [0.15, 0.2) is 5.69 Å². The van der Waals surface area contributed by atoms with Crippen molar-refractivity contribution < 1.29 is 24.0 Å². The second kappa shape index (κ2) is 11.9. The van der Waals surface area contributed by atoms with Crippen LogP contribution in [0.1, 0.15) is 41.1 Å². The van der Waals surface area contributed by atoms with Gasteiger partial charge in [0.1, 0.15) is 5.76 Å². The number of likely N-dealkylation sites (N-methyl/N-ethyl adjacent to an activating group) is 1. The number of benzene rings is 2. The van der Waals surface area contributed by atoms with E-state index >= 15 is 0 Å². The van der Waals surface area contributed by atoms with E-state index in [1.165, 1.54) is 0 Å². The van der Waals surface area contributed by atoms with E-state index in [-0.39, 0.29) is 36.4 Å². The maximum absolute atomic E-state index is 13.0. The molecule has 210 valence electrons. The number of nitrogens with one attached hydrogen (secondary N) is 1. The van der Waals surface area contributed by atoms with E-state index in [4.69, 9.17) is 9.63 Å². The third-order valence-electron chi connectivity index (χ3n) is 7.42. The highest BCUT2D eigenvalue weighted by molar-refractivity contribution is 6.05. The number of nitrogens with zero attached hydrogens (tertiary/aromatic N) is 4. The van der Waals surface area contributed by atoms with Crippen molar-refractivity contribution in [1.82, 2.24) is 15.0 Å². The summed E-state index contributed by atoms with van der Waals surface area (Å²) in [5, 5.41) is 16.1. The molecule has 10 nitrogen and oxygen atoms in total. The summed E-state index contributed by atoms with van der Waals surface area (Å²) in [7, 11) is 2.10. The Bertz CT molecular complexity index is 1390. The zero-order chi connectivity index (χ0) is 28.2. The highest BCUT2D eigenvalue weighted by Crippen LogP contribution is 2.34. The lowest BCUT2D eigenvalue weighted by Gasteiger charge is -2.35. The molecule has 2 aliphatic rings. The van der Waals surface area contributed by atoms with Crippen molar-refractivity contribution >= 4 is 29.2 Å². The Morgan fingerprint density at radius 1 is 1.05 bits per heavy atom. The molecule has 0 spiro atoms. The van der Waals surface area contributed by atoms with Crippen molar-refractivity contribution in [2.24, 2.45) is 5.92 Å². The molecule has 2 amide bonds. The summed E-state index contributed by atoms with van der Waals surface area (Å²) in [6, 6.07) is 15.5. The summed E-state index contributed by atoms with van der Waals surface area (Å²) >= 11 is 0. The Morgan fingerprint density at radius 3 is 2.48 bits per heavy atom. The number of carboxylic acids is 1. The minimum atomic E-state index is -0.918. The Hall–Kier alpha value is -4.18. The standard InChI is InChI=1S/C30H35N5O5/c1-20-16-26(32-40-20)29(38)31-25-18-24(8-9-27(25)34-14-12-33(2)13-15-34)23-5-3-4-21(17-23)19-35(11-10-28(36)37)30(39)22-6-7-22/h3-5,8-9,16-18,22H,6-7,10-15,19H2,1-2H3,(H,31,38)(H,36,37). The van der Waals surface area contributed by atoms with E-state index in [0.29, 0.717) is 18.0 Å². The van der Waals surface area contributed by atoms with E-state index in [1.807, 2.05) is 42.5 Å². The second-order valence-electron chi connectivity index (χ2n) is 10.7. The maximum Gasteiger partial charge on any atom is 0.305 e. The molecular formula is C30H35N5O5. The third-order valence-corrected chi connectivity index (χ3v) is 7.42. The van der Waals surface area contributed by atoms with Crippen molar-refractivity contribution in [2.45, 2.75) is 32.7 Å². The molecule has 0 unspecified atom stereocenters. The number of hydrogen-bond donors (Lipinski definition) is 2. The van der Waals surface area contributed by atoms with Crippen LogP contribution in [-0.2, 0) is 16.1 Å². The molecule has 2 N–H and O–H groups in total. The average molecular weight is 546 g/mol. The number of carbonyl (C=O) groups is 3. The number of hydrogen-bond acceptors (Lipinski definition) is 7. The molecule has 1 aliphatic heterocycles. The highest BCUT2D eigenvalue weighted by atomic mass is 16.5. The molecule has 1 saturated carbocycles. The Morgan fingerprint density at radius 2 is 1.80 bits per heavy atom. The van der Waals surface area contributed by atoms with Gasteiger partial charge in [0.05, 0.1) is 17.8 Å². The van der Waals surface area contributed by atoms with Crippen LogP contribution in [0.4, 0.5) is 11.4 Å². The quantitative estimate of drug-likeness (QED) is 0.394. The van der Waals surface area contributed by atoms with Crippen LogP contribution >= 0.6 is 0 Å². The number of aryl methyl sites for hydroxylation is 1. The number of piperazine rings is 1. The first-order valence-corrected chi connectivity index (χ1v) is 13.7. The van der Waals surface area contributed by atoms with E-state index in [9.17, 15) is 14.4 Å². The first-order chi connectivity index (χ1) is 19.3.